The van der Waals surface area contributed by atoms with Crippen molar-refractivity contribution in [1.82, 2.24) is 4.98 Å². The summed E-state index contributed by atoms with van der Waals surface area (Å²) in [5, 5.41) is 0. The molecule has 0 saturated heterocycles. The zero-order chi connectivity index (χ0) is 8.27. The van der Waals surface area contributed by atoms with Gasteiger partial charge in [-0.15, -0.1) is 6.58 Å². The molecule has 0 aliphatic heterocycles. The van der Waals surface area contributed by atoms with E-state index in [1.807, 2.05) is 6.07 Å². The first-order valence-electron chi connectivity index (χ1n) is 3.23. The summed E-state index contributed by atoms with van der Waals surface area (Å²) in [6.07, 6.45) is 5.13. The minimum atomic E-state index is -0.118. The number of pyridine rings is 1. The van der Waals surface area contributed by atoms with Gasteiger partial charge in [-0.25, -0.2) is 0 Å². The van der Waals surface area contributed by atoms with Gasteiger partial charge in [0.1, 0.15) is 0 Å². The molecular weight excluding hydrogens is 204 g/mol. The quantitative estimate of drug-likeness (QED) is 0.763. The van der Waals surface area contributed by atoms with Gasteiger partial charge in [0.05, 0.1) is 0 Å². The van der Waals surface area contributed by atoms with E-state index in [1.54, 1.807) is 18.5 Å². The molecule has 1 rings (SSSR count). The van der Waals surface area contributed by atoms with Crippen molar-refractivity contribution >= 4 is 15.9 Å². The van der Waals surface area contributed by atoms with Crippen LogP contribution < -0.4 is 5.73 Å². The van der Waals surface area contributed by atoms with E-state index < -0.39 is 0 Å². The van der Waals surface area contributed by atoms with Gasteiger partial charge in [0.25, 0.3) is 0 Å². The molecular formula is C8H9BrN2. The van der Waals surface area contributed by atoms with Gasteiger partial charge in [-0.2, -0.15) is 0 Å². The Bertz CT molecular complexity index is 260. The third-order valence-corrected chi connectivity index (χ3v) is 2.08. The summed E-state index contributed by atoms with van der Waals surface area (Å²) in [5.41, 5.74) is 6.73. The Hall–Kier alpha value is -0.670. The van der Waals surface area contributed by atoms with Crippen LogP contribution in [0.5, 0.6) is 0 Å². The second kappa shape index (κ2) is 3.64. The fourth-order valence-corrected chi connectivity index (χ4v) is 1.30. The molecule has 0 amide bonds. The smallest absolute Gasteiger partial charge is 0.0490 e. The molecule has 0 radical (unpaired) electrons. The molecule has 1 heterocycles. The van der Waals surface area contributed by atoms with Crippen molar-refractivity contribution < 1.29 is 0 Å². The van der Waals surface area contributed by atoms with Crippen LogP contribution in [0.15, 0.2) is 35.6 Å². The minimum Gasteiger partial charge on any atom is -0.321 e. The number of aromatic nitrogens is 1. The van der Waals surface area contributed by atoms with Crippen molar-refractivity contribution in [3.8, 4) is 0 Å². The van der Waals surface area contributed by atoms with Crippen LogP contribution >= 0.6 is 15.9 Å². The highest BCUT2D eigenvalue weighted by Gasteiger charge is 2.03. The molecule has 1 atom stereocenters. The first-order valence-corrected chi connectivity index (χ1v) is 4.02. The molecule has 2 N–H and O–H groups in total. The first-order chi connectivity index (χ1) is 5.25. The van der Waals surface area contributed by atoms with Crippen LogP contribution in [-0.4, -0.2) is 4.98 Å². The van der Waals surface area contributed by atoms with E-state index in [9.17, 15) is 0 Å². The van der Waals surface area contributed by atoms with Crippen LogP contribution in [0, 0.1) is 0 Å². The molecule has 0 bridgehead atoms. The largest absolute Gasteiger partial charge is 0.321 e. The minimum absolute atomic E-state index is 0.118. The second-order valence-electron chi connectivity index (χ2n) is 2.16. The van der Waals surface area contributed by atoms with E-state index in [0.29, 0.717) is 0 Å². The zero-order valence-corrected chi connectivity index (χ0v) is 7.58. The topological polar surface area (TPSA) is 38.9 Å². The lowest BCUT2D eigenvalue weighted by atomic mass is 10.1. The molecule has 0 saturated carbocycles. The Morgan fingerprint density at radius 1 is 1.73 bits per heavy atom. The van der Waals surface area contributed by atoms with Gasteiger partial charge in [-0.05, 0) is 27.6 Å². The molecule has 11 heavy (non-hydrogen) atoms. The van der Waals surface area contributed by atoms with Crippen molar-refractivity contribution in [1.29, 1.82) is 0 Å². The normalized spacial score (nSPS) is 12.5. The molecule has 0 aliphatic carbocycles. The average molecular weight is 213 g/mol. The highest BCUT2D eigenvalue weighted by atomic mass is 79.9. The maximum atomic E-state index is 5.72. The molecule has 1 aromatic heterocycles. The van der Waals surface area contributed by atoms with Crippen molar-refractivity contribution in [2.75, 3.05) is 0 Å². The summed E-state index contributed by atoms with van der Waals surface area (Å²) in [7, 11) is 0. The lowest BCUT2D eigenvalue weighted by Crippen LogP contribution is -2.07. The van der Waals surface area contributed by atoms with E-state index in [-0.39, 0.29) is 6.04 Å². The van der Waals surface area contributed by atoms with E-state index >= 15 is 0 Å². The highest BCUT2D eigenvalue weighted by molar-refractivity contribution is 9.10. The van der Waals surface area contributed by atoms with Gasteiger partial charge in [0.2, 0.25) is 0 Å². The number of rotatable bonds is 2. The van der Waals surface area contributed by atoms with Crippen LogP contribution in [0.25, 0.3) is 0 Å². The van der Waals surface area contributed by atoms with Crippen molar-refractivity contribution in [2.45, 2.75) is 6.04 Å². The fourth-order valence-electron chi connectivity index (χ4n) is 0.783. The Morgan fingerprint density at radius 2 is 2.45 bits per heavy atom. The fraction of sp³-hybridized carbons (Fsp3) is 0.125. The van der Waals surface area contributed by atoms with Gasteiger partial charge in [-0.3, -0.25) is 4.98 Å². The van der Waals surface area contributed by atoms with E-state index in [2.05, 4.69) is 27.5 Å². The van der Waals surface area contributed by atoms with Gasteiger partial charge >= 0.3 is 0 Å². The lowest BCUT2D eigenvalue weighted by Gasteiger charge is -2.07. The predicted octanol–water partition coefficient (Wildman–Crippen LogP) is 2.03. The summed E-state index contributed by atoms with van der Waals surface area (Å²) in [6.45, 7) is 3.61. The number of nitrogens with zero attached hydrogens (tertiary/aromatic N) is 1. The van der Waals surface area contributed by atoms with Crippen LogP contribution in [0.2, 0.25) is 0 Å². The number of hydrogen-bond donors (Lipinski definition) is 1. The third kappa shape index (κ3) is 1.88. The second-order valence-corrected chi connectivity index (χ2v) is 3.01. The summed E-state index contributed by atoms with van der Waals surface area (Å²) in [4.78, 5) is 3.92. The number of nitrogens with two attached hydrogens (primary N) is 1. The van der Waals surface area contributed by atoms with Crippen molar-refractivity contribution in [2.24, 2.45) is 5.73 Å². The summed E-state index contributed by atoms with van der Waals surface area (Å²) < 4.78 is 0.924. The summed E-state index contributed by atoms with van der Waals surface area (Å²) in [6, 6.07) is 1.75. The van der Waals surface area contributed by atoms with Crippen molar-refractivity contribution in [3.05, 3.63) is 41.2 Å². The summed E-state index contributed by atoms with van der Waals surface area (Å²) in [5.74, 6) is 0. The maximum absolute atomic E-state index is 5.72. The monoisotopic (exact) mass is 212 g/mol. The molecule has 0 spiro atoms. The lowest BCUT2D eigenvalue weighted by molar-refractivity contribution is 0.902. The Labute approximate surface area is 74.3 Å². The SMILES string of the molecule is C=C[C@H](N)c1ccncc1Br. The zero-order valence-electron chi connectivity index (χ0n) is 6.00. The van der Waals surface area contributed by atoms with Gasteiger partial charge in [0, 0.05) is 22.9 Å². The predicted molar refractivity (Wildman–Crippen MR) is 49.1 cm³/mol. The standard InChI is InChI=1S/C8H9BrN2/c1-2-8(10)6-3-4-11-5-7(6)9/h2-5,8H,1,10H2/t8-/m0/s1. The molecule has 58 valence electrons. The molecule has 0 aliphatic rings. The first kappa shape index (κ1) is 8.43. The molecule has 0 fully saturated rings. The van der Waals surface area contributed by atoms with Crippen molar-refractivity contribution in [3.63, 3.8) is 0 Å². The van der Waals surface area contributed by atoms with Gasteiger partial charge in [0.15, 0.2) is 0 Å². The van der Waals surface area contributed by atoms with Crippen LogP contribution in [0.3, 0.4) is 0 Å². The van der Waals surface area contributed by atoms with Crippen LogP contribution in [-0.2, 0) is 0 Å². The van der Waals surface area contributed by atoms with E-state index in [0.717, 1.165) is 10.0 Å². The maximum Gasteiger partial charge on any atom is 0.0490 e. The molecule has 0 unspecified atom stereocenters. The molecule has 0 aromatic carbocycles. The number of hydrogen-bond acceptors (Lipinski definition) is 2. The van der Waals surface area contributed by atoms with E-state index in [4.69, 9.17) is 5.73 Å². The highest BCUT2D eigenvalue weighted by Crippen LogP contribution is 2.20. The van der Waals surface area contributed by atoms with Crippen LogP contribution in [0.1, 0.15) is 11.6 Å². The average Bonchev–Trinajstić information content (AvgIpc) is 2.04. The Kier molecular flexibility index (Phi) is 2.79. The Morgan fingerprint density at radius 3 is 3.00 bits per heavy atom. The van der Waals surface area contributed by atoms with Gasteiger partial charge < -0.3 is 5.73 Å². The molecule has 1 aromatic rings. The number of halogens is 1. The molecule has 3 heteroatoms. The third-order valence-electron chi connectivity index (χ3n) is 1.42. The Balaban J connectivity index is 3.02. The molecule has 2 nitrogen and oxygen atoms in total. The van der Waals surface area contributed by atoms with E-state index in [1.165, 1.54) is 0 Å². The van der Waals surface area contributed by atoms with Crippen LogP contribution in [0.4, 0.5) is 0 Å². The van der Waals surface area contributed by atoms with Gasteiger partial charge in [-0.1, -0.05) is 6.08 Å². The summed E-state index contributed by atoms with van der Waals surface area (Å²) >= 11 is 3.35.